The van der Waals surface area contributed by atoms with E-state index >= 15 is 0 Å². The number of nitrogens with two attached hydrogens (primary N) is 1. The number of nitrogen functional groups attached to an aromatic ring is 1. The summed E-state index contributed by atoms with van der Waals surface area (Å²) in [7, 11) is 0. The molecule has 1 aromatic heterocycles. The molecule has 0 radical (unpaired) electrons. The number of aliphatic hydroxyl groups is 3. The monoisotopic (exact) mass is 342 g/mol. The fourth-order valence-corrected chi connectivity index (χ4v) is 3.51. The molecule has 0 spiro atoms. The van der Waals surface area contributed by atoms with Gasteiger partial charge in [0.15, 0.2) is 5.72 Å². The highest BCUT2D eigenvalue weighted by Crippen LogP contribution is 2.57. The summed E-state index contributed by atoms with van der Waals surface area (Å²) >= 11 is 0. The molecule has 2 heterocycles. The molecular formula is C15H26N4O5. The zero-order valence-electron chi connectivity index (χ0n) is 15.1. The van der Waals surface area contributed by atoms with E-state index in [1.165, 1.54) is 48.5 Å². The molecule has 136 valence electrons. The van der Waals surface area contributed by atoms with Crippen LogP contribution < -0.4 is 11.4 Å². The predicted octanol–water partition coefficient (Wildman–Crippen LogP) is -0.737. The Morgan fingerprint density at radius 2 is 1.62 bits per heavy atom. The number of nitrogens with zero attached hydrogens (tertiary/aromatic N) is 3. The lowest BCUT2D eigenvalue weighted by Gasteiger charge is -2.46. The van der Waals surface area contributed by atoms with Gasteiger partial charge in [0.05, 0.1) is 5.60 Å². The van der Waals surface area contributed by atoms with E-state index in [1.54, 1.807) is 0 Å². The van der Waals surface area contributed by atoms with Gasteiger partial charge in [0, 0.05) is 0 Å². The van der Waals surface area contributed by atoms with Gasteiger partial charge in [-0.2, -0.15) is 9.97 Å². The first-order chi connectivity index (χ1) is 10.5. The molecule has 24 heavy (non-hydrogen) atoms. The van der Waals surface area contributed by atoms with Crippen LogP contribution in [-0.2, 0) is 10.5 Å². The summed E-state index contributed by atoms with van der Waals surface area (Å²) in [5.41, 5.74) is -4.07. The van der Waals surface area contributed by atoms with Crippen molar-refractivity contribution in [3.63, 3.8) is 0 Å². The molecule has 0 aliphatic carbocycles. The van der Waals surface area contributed by atoms with Gasteiger partial charge in [-0.3, -0.25) is 0 Å². The highest BCUT2D eigenvalue weighted by molar-refractivity contribution is 5.24. The molecule has 0 bridgehead atoms. The van der Waals surface area contributed by atoms with Gasteiger partial charge in [-0.15, -0.1) is 0 Å². The van der Waals surface area contributed by atoms with Crippen molar-refractivity contribution in [3.05, 3.63) is 16.3 Å². The fourth-order valence-electron chi connectivity index (χ4n) is 3.51. The molecule has 1 aliphatic rings. The van der Waals surface area contributed by atoms with Crippen LogP contribution in [0.15, 0.2) is 4.79 Å². The summed E-state index contributed by atoms with van der Waals surface area (Å²) in [5.74, 6) is -0.0435. The maximum Gasteiger partial charge on any atom is 0.354 e. The van der Waals surface area contributed by atoms with Crippen LogP contribution in [0.2, 0.25) is 0 Å². The molecule has 4 atom stereocenters. The third-order valence-electron chi connectivity index (χ3n) is 5.78. The number of aromatic nitrogens is 3. The van der Waals surface area contributed by atoms with Crippen molar-refractivity contribution in [3.8, 4) is 0 Å². The van der Waals surface area contributed by atoms with E-state index in [0.29, 0.717) is 0 Å². The molecule has 0 amide bonds. The zero-order chi connectivity index (χ0) is 18.9. The Kier molecular flexibility index (Phi) is 3.72. The molecule has 1 aliphatic heterocycles. The molecule has 5 N–H and O–H groups in total. The lowest BCUT2D eigenvalue weighted by atomic mass is 9.67. The van der Waals surface area contributed by atoms with Crippen LogP contribution in [0.3, 0.4) is 0 Å². The first-order valence-corrected chi connectivity index (χ1v) is 7.64. The highest BCUT2D eigenvalue weighted by Gasteiger charge is 2.76. The molecule has 9 nitrogen and oxygen atoms in total. The minimum Gasteiger partial charge on any atom is -0.387 e. The number of hydrogen-bond acceptors (Lipinski definition) is 8. The lowest BCUT2D eigenvalue weighted by Crippen LogP contribution is -2.67. The molecule has 0 aromatic carbocycles. The van der Waals surface area contributed by atoms with Crippen molar-refractivity contribution >= 4 is 5.95 Å². The van der Waals surface area contributed by atoms with Crippen LogP contribution in [0.5, 0.6) is 0 Å². The Morgan fingerprint density at radius 3 is 2.00 bits per heavy atom. The van der Waals surface area contributed by atoms with Crippen molar-refractivity contribution in [2.75, 3.05) is 5.73 Å². The molecule has 2 rings (SSSR count). The Morgan fingerprint density at radius 1 is 1.12 bits per heavy atom. The predicted molar refractivity (Wildman–Crippen MR) is 86.1 cm³/mol. The first kappa shape index (κ1) is 18.8. The smallest absolute Gasteiger partial charge is 0.354 e. The van der Waals surface area contributed by atoms with Gasteiger partial charge in [0.2, 0.25) is 5.95 Å². The van der Waals surface area contributed by atoms with Gasteiger partial charge in [-0.25, -0.2) is 9.36 Å². The molecule has 1 unspecified atom stereocenters. The average molecular weight is 342 g/mol. The summed E-state index contributed by atoms with van der Waals surface area (Å²) in [5, 5.41) is 32.8. The normalized spacial score (nSPS) is 40.1. The first-order valence-electron chi connectivity index (χ1n) is 7.64. The largest absolute Gasteiger partial charge is 0.387 e. The van der Waals surface area contributed by atoms with E-state index in [2.05, 4.69) is 9.97 Å². The van der Waals surface area contributed by atoms with E-state index < -0.39 is 33.8 Å². The van der Waals surface area contributed by atoms with Crippen molar-refractivity contribution in [2.24, 2.45) is 0 Å². The molecule has 1 fully saturated rings. The van der Waals surface area contributed by atoms with Crippen LogP contribution in [0.1, 0.15) is 47.4 Å². The van der Waals surface area contributed by atoms with Crippen molar-refractivity contribution in [1.29, 1.82) is 0 Å². The van der Waals surface area contributed by atoms with E-state index in [-0.39, 0.29) is 11.8 Å². The van der Waals surface area contributed by atoms with Crippen molar-refractivity contribution in [1.82, 2.24) is 14.5 Å². The van der Waals surface area contributed by atoms with E-state index in [1.807, 2.05) is 0 Å². The fraction of sp³-hybridized carbons (Fsp3) is 0.800. The Labute approximate surface area is 140 Å². The Bertz CT molecular complexity index is 736. The second-order valence-corrected chi connectivity index (χ2v) is 7.57. The van der Waals surface area contributed by atoms with Gasteiger partial charge in [-0.05, 0) is 48.5 Å². The third-order valence-corrected chi connectivity index (χ3v) is 5.78. The summed E-state index contributed by atoms with van der Waals surface area (Å²) in [6.45, 7) is 10.0. The highest BCUT2D eigenvalue weighted by atomic mass is 16.6. The Balaban J connectivity index is 2.83. The molecule has 0 saturated carbocycles. The zero-order valence-corrected chi connectivity index (χ0v) is 15.1. The van der Waals surface area contributed by atoms with Crippen LogP contribution in [0.25, 0.3) is 0 Å². The second-order valence-electron chi connectivity index (χ2n) is 7.57. The SMILES string of the molecule is Cc1nc(N)nc(=O)n1[C@]1(C)O[C@](C)(C(C)(C)O)C(C)(O)[C@]1(C)O. The third kappa shape index (κ3) is 1.98. The van der Waals surface area contributed by atoms with Crippen molar-refractivity contribution in [2.45, 2.75) is 76.6 Å². The van der Waals surface area contributed by atoms with Crippen LogP contribution >= 0.6 is 0 Å². The number of hydrogen-bond donors (Lipinski definition) is 4. The minimum absolute atomic E-state index is 0.158. The standard InChI is InChI=1S/C15H26N4O5/c1-8-17-9(16)18-10(20)19(8)15(7)13(5,23)12(4,22)14(6,24-15)11(2,3)21/h21-23H,1-7H3,(H2,16,18,20)/t12?,13-,14+,15+/m0/s1. The van der Waals surface area contributed by atoms with Crippen LogP contribution in [0.4, 0.5) is 5.95 Å². The summed E-state index contributed by atoms with van der Waals surface area (Å²) in [4.78, 5) is 19.9. The average Bonchev–Trinajstić information content (AvgIpc) is 2.44. The van der Waals surface area contributed by atoms with E-state index in [4.69, 9.17) is 10.5 Å². The lowest BCUT2D eigenvalue weighted by molar-refractivity contribution is -0.238. The molecular weight excluding hydrogens is 316 g/mol. The topological polar surface area (TPSA) is 144 Å². The van der Waals surface area contributed by atoms with Gasteiger partial charge in [0.25, 0.3) is 0 Å². The van der Waals surface area contributed by atoms with Gasteiger partial charge < -0.3 is 25.8 Å². The molecule has 9 heteroatoms. The van der Waals surface area contributed by atoms with E-state index in [9.17, 15) is 20.1 Å². The van der Waals surface area contributed by atoms with Gasteiger partial charge in [-0.1, -0.05) is 0 Å². The van der Waals surface area contributed by atoms with E-state index in [0.717, 1.165) is 4.57 Å². The summed E-state index contributed by atoms with van der Waals surface area (Å²) in [6.07, 6.45) is 0. The number of aryl methyl sites for hydroxylation is 1. The summed E-state index contributed by atoms with van der Waals surface area (Å²) < 4.78 is 7.05. The van der Waals surface area contributed by atoms with Crippen LogP contribution in [-0.4, -0.2) is 52.3 Å². The summed E-state index contributed by atoms with van der Waals surface area (Å²) in [6, 6.07) is 0. The van der Waals surface area contributed by atoms with Gasteiger partial charge in [0.1, 0.15) is 22.6 Å². The van der Waals surface area contributed by atoms with Crippen molar-refractivity contribution < 1.29 is 20.1 Å². The molecule has 1 saturated heterocycles. The Hall–Kier alpha value is -1.55. The number of anilines is 1. The van der Waals surface area contributed by atoms with Gasteiger partial charge >= 0.3 is 5.69 Å². The second kappa shape index (κ2) is 4.75. The quantitative estimate of drug-likeness (QED) is 0.550. The minimum atomic E-state index is -1.97. The number of rotatable bonds is 2. The van der Waals surface area contributed by atoms with Crippen LogP contribution in [0, 0.1) is 6.92 Å². The maximum absolute atomic E-state index is 12.4. The maximum atomic E-state index is 12.4. The molecule has 1 aromatic rings. The number of ether oxygens (including phenoxy) is 1.